The highest BCUT2D eigenvalue weighted by Crippen LogP contribution is 2.44. The summed E-state index contributed by atoms with van der Waals surface area (Å²) < 4.78 is 79.5. The lowest BCUT2D eigenvalue weighted by atomic mass is 9.96. The molecule has 0 amide bonds. The summed E-state index contributed by atoms with van der Waals surface area (Å²) >= 11 is 0. The predicted octanol–water partition coefficient (Wildman–Crippen LogP) is 4.86. The van der Waals surface area contributed by atoms with Gasteiger partial charge in [-0.1, -0.05) is 18.2 Å². The number of sulfonamides is 1. The van der Waals surface area contributed by atoms with E-state index >= 15 is 0 Å². The highest BCUT2D eigenvalue weighted by molar-refractivity contribution is 7.92. The monoisotopic (exact) mass is 601 g/mol. The average molecular weight is 602 g/mol. The lowest BCUT2D eigenvalue weighted by Crippen LogP contribution is -2.44. The van der Waals surface area contributed by atoms with Crippen molar-refractivity contribution in [1.82, 2.24) is 24.6 Å². The first-order valence-electron chi connectivity index (χ1n) is 13.1. The van der Waals surface area contributed by atoms with Crippen LogP contribution in [0.1, 0.15) is 16.7 Å². The number of aryl methyl sites for hydroxylation is 3. The van der Waals surface area contributed by atoms with Gasteiger partial charge in [-0.3, -0.25) is 4.68 Å². The van der Waals surface area contributed by atoms with E-state index in [9.17, 15) is 21.6 Å². The maximum Gasteiger partial charge on any atom is 0.423 e. The van der Waals surface area contributed by atoms with Gasteiger partial charge in [-0.2, -0.15) is 23.3 Å². The standard InChI is InChI=1S/C28H30F3N7O3S/c1-18-6-5-7-19(2)23(18)25-24(28(29,30)31)26(34-27(33-25)35-42(39,40)22-16-32-37(4)17-22)41-21-10-8-20(9-11-21)38-14-12-36(3)13-15-38/h5-11,16-17H,12-15H2,1-4H3,(H,33,34,35). The minimum absolute atomic E-state index is 0.102. The number of nitrogens with zero attached hydrogens (tertiary/aromatic N) is 6. The van der Waals surface area contributed by atoms with Crippen LogP contribution < -0.4 is 14.4 Å². The molecule has 0 spiro atoms. The average Bonchev–Trinajstić information content (AvgIpc) is 3.36. The van der Waals surface area contributed by atoms with Gasteiger partial charge in [-0.15, -0.1) is 0 Å². The summed E-state index contributed by atoms with van der Waals surface area (Å²) in [6.45, 7) is 6.74. The molecule has 1 aliphatic rings. The van der Waals surface area contributed by atoms with Gasteiger partial charge >= 0.3 is 6.18 Å². The third kappa shape index (κ3) is 6.19. The minimum atomic E-state index is -4.93. The van der Waals surface area contributed by atoms with E-state index in [1.165, 1.54) is 17.9 Å². The van der Waals surface area contributed by atoms with E-state index in [0.717, 1.165) is 38.1 Å². The van der Waals surface area contributed by atoms with Crippen molar-refractivity contribution in [3.8, 4) is 22.9 Å². The Morgan fingerprint density at radius 3 is 2.14 bits per heavy atom. The Balaban J connectivity index is 1.61. The molecule has 1 N–H and O–H groups in total. The number of ether oxygens (including phenoxy) is 1. The van der Waals surface area contributed by atoms with E-state index in [-0.39, 0.29) is 16.2 Å². The molecule has 0 saturated carbocycles. The zero-order chi connectivity index (χ0) is 30.2. The second-order valence-electron chi connectivity index (χ2n) is 10.2. The van der Waals surface area contributed by atoms with Crippen molar-refractivity contribution in [2.45, 2.75) is 24.9 Å². The number of hydrogen-bond donors (Lipinski definition) is 1. The van der Waals surface area contributed by atoms with Gasteiger partial charge in [0, 0.05) is 50.7 Å². The highest BCUT2D eigenvalue weighted by Gasteiger charge is 2.41. The first kappa shape index (κ1) is 29.3. The third-order valence-electron chi connectivity index (χ3n) is 7.01. The van der Waals surface area contributed by atoms with E-state index in [0.29, 0.717) is 11.1 Å². The maximum atomic E-state index is 14.7. The molecule has 0 atom stereocenters. The molecule has 0 aliphatic carbocycles. The minimum Gasteiger partial charge on any atom is -0.438 e. The Morgan fingerprint density at radius 1 is 0.929 bits per heavy atom. The van der Waals surface area contributed by atoms with Gasteiger partial charge < -0.3 is 14.5 Å². The molecule has 0 radical (unpaired) electrons. The van der Waals surface area contributed by atoms with Crippen LogP contribution in [0.5, 0.6) is 11.6 Å². The topological polar surface area (TPSA) is 105 Å². The number of anilines is 2. The summed E-state index contributed by atoms with van der Waals surface area (Å²) in [5.74, 6) is -1.30. The summed E-state index contributed by atoms with van der Waals surface area (Å²) in [4.78, 5) is 12.2. The van der Waals surface area contributed by atoms with Crippen LogP contribution in [0.15, 0.2) is 59.8 Å². The number of benzene rings is 2. The predicted molar refractivity (Wildman–Crippen MR) is 152 cm³/mol. The smallest absolute Gasteiger partial charge is 0.423 e. The summed E-state index contributed by atoms with van der Waals surface area (Å²) in [6.07, 6.45) is -2.57. The summed E-state index contributed by atoms with van der Waals surface area (Å²) in [5.41, 5.74) is 0.429. The molecule has 222 valence electrons. The van der Waals surface area contributed by atoms with Crippen molar-refractivity contribution < 1.29 is 26.3 Å². The molecule has 5 rings (SSSR count). The molecular formula is C28H30F3N7O3S. The van der Waals surface area contributed by atoms with Gasteiger partial charge in [0.05, 0.1) is 11.9 Å². The van der Waals surface area contributed by atoms with Crippen LogP contribution in [-0.4, -0.2) is 66.3 Å². The quantitative estimate of drug-likeness (QED) is 0.320. The fourth-order valence-electron chi connectivity index (χ4n) is 4.80. The van der Waals surface area contributed by atoms with Crippen molar-refractivity contribution in [3.05, 3.63) is 71.5 Å². The van der Waals surface area contributed by atoms with Crippen molar-refractivity contribution >= 4 is 21.7 Å². The Kier molecular flexibility index (Phi) is 7.86. The molecule has 10 nitrogen and oxygen atoms in total. The number of nitrogens with one attached hydrogen (secondary N) is 1. The molecule has 0 bridgehead atoms. The van der Waals surface area contributed by atoms with E-state index in [2.05, 4.69) is 29.6 Å². The number of rotatable bonds is 7. The van der Waals surface area contributed by atoms with E-state index in [1.807, 2.05) is 7.05 Å². The van der Waals surface area contributed by atoms with Gasteiger partial charge in [0.15, 0.2) is 0 Å². The first-order chi connectivity index (χ1) is 19.8. The van der Waals surface area contributed by atoms with E-state index in [1.54, 1.807) is 56.3 Å². The Bertz CT molecular complexity index is 1680. The van der Waals surface area contributed by atoms with Crippen molar-refractivity contribution in [3.63, 3.8) is 0 Å². The van der Waals surface area contributed by atoms with Crippen LogP contribution in [0, 0.1) is 13.8 Å². The molecule has 4 aromatic rings. The first-order valence-corrected chi connectivity index (χ1v) is 14.6. The molecule has 0 unspecified atom stereocenters. The molecular weight excluding hydrogens is 571 g/mol. The Labute approximate surface area is 241 Å². The summed E-state index contributed by atoms with van der Waals surface area (Å²) in [7, 11) is -0.693. The number of likely N-dealkylation sites (N-methyl/N-ethyl adjacent to an activating group) is 1. The van der Waals surface area contributed by atoms with Crippen LogP contribution in [-0.2, 0) is 23.2 Å². The number of halogens is 3. The zero-order valence-electron chi connectivity index (χ0n) is 23.5. The van der Waals surface area contributed by atoms with Crippen molar-refractivity contribution in [2.24, 2.45) is 7.05 Å². The molecule has 1 fully saturated rings. The number of piperazine rings is 1. The second-order valence-corrected chi connectivity index (χ2v) is 11.9. The van der Waals surface area contributed by atoms with Gasteiger partial charge in [0.1, 0.15) is 16.2 Å². The third-order valence-corrected chi connectivity index (χ3v) is 8.30. The largest absolute Gasteiger partial charge is 0.438 e. The lowest BCUT2D eigenvalue weighted by Gasteiger charge is -2.34. The van der Waals surface area contributed by atoms with Crippen LogP contribution in [0.3, 0.4) is 0 Å². The second kappa shape index (κ2) is 11.2. The van der Waals surface area contributed by atoms with Gasteiger partial charge in [0.2, 0.25) is 11.8 Å². The Morgan fingerprint density at radius 2 is 1.57 bits per heavy atom. The molecule has 42 heavy (non-hydrogen) atoms. The van der Waals surface area contributed by atoms with Crippen molar-refractivity contribution in [1.29, 1.82) is 0 Å². The van der Waals surface area contributed by atoms with Crippen LogP contribution in [0.4, 0.5) is 24.8 Å². The maximum absolute atomic E-state index is 14.7. The van der Waals surface area contributed by atoms with E-state index < -0.39 is 39.3 Å². The molecule has 1 aliphatic heterocycles. The highest BCUT2D eigenvalue weighted by atomic mass is 32.2. The number of alkyl halides is 3. The van der Waals surface area contributed by atoms with Crippen LogP contribution >= 0.6 is 0 Å². The van der Waals surface area contributed by atoms with E-state index in [4.69, 9.17) is 4.74 Å². The van der Waals surface area contributed by atoms with Crippen molar-refractivity contribution in [2.75, 3.05) is 42.8 Å². The molecule has 2 aromatic carbocycles. The summed E-state index contributed by atoms with van der Waals surface area (Å²) in [6, 6.07) is 11.7. The SMILES string of the molecule is Cc1cccc(C)c1-c1nc(NS(=O)(=O)c2cnn(C)c2)nc(Oc2ccc(N3CCN(C)CC3)cc2)c1C(F)(F)F. The molecule has 1 saturated heterocycles. The molecule has 2 aromatic heterocycles. The van der Waals surface area contributed by atoms with Gasteiger partial charge in [-0.25, -0.2) is 18.1 Å². The van der Waals surface area contributed by atoms with Crippen LogP contribution in [0.2, 0.25) is 0 Å². The fraction of sp³-hybridized carbons (Fsp3) is 0.321. The number of aromatic nitrogens is 4. The molecule has 14 heteroatoms. The normalized spacial score (nSPS) is 14.7. The lowest BCUT2D eigenvalue weighted by molar-refractivity contribution is -0.138. The zero-order valence-corrected chi connectivity index (χ0v) is 24.3. The summed E-state index contributed by atoms with van der Waals surface area (Å²) in [5, 5.41) is 3.85. The fourth-order valence-corrected chi connectivity index (χ4v) is 5.73. The Hall–Kier alpha value is -4.17. The molecule has 3 heterocycles. The van der Waals surface area contributed by atoms with Gasteiger partial charge in [-0.05, 0) is 56.3 Å². The van der Waals surface area contributed by atoms with Crippen LogP contribution in [0.25, 0.3) is 11.3 Å². The number of hydrogen-bond acceptors (Lipinski definition) is 8. The van der Waals surface area contributed by atoms with Gasteiger partial charge in [0.25, 0.3) is 10.0 Å².